The third kappa shape index (κ3) is 4.14. The van der Waals surface area contributed by atoms with Gasteiger partial charge in [0.05, 0.1) is 35.7 Å². The van der Waals surface area contributed by atoms with Gasteiger partial charge in [-0.1, -0.05) is 6.92 Å². The lowest BCUT2D eigenvalue weighted by Crippen LogP contribution is -2.28. The lowest BCUT2D eigenvalue weighted by Gasteiger charge is -2.23. The monoisotopic (exact) mass is 408 g/mol. The van der Waals surface area contributed by atoms with Gasteiger partial charge in [-0.15, -0.1) is 11.8 Å². The minimum absolute atomic E-state index is 0.0545. The van der Waals surface area contributed by atoms with Crippen molar-refractivity contribution in [2.75, 3.05) is 24.3 Å². The van der Waals surface area contributed by atoms with Crippen LogP contribution in [0, 0.1) is 0 Å². The number of benzene rings is 2. The molecule has 0 radical (unpaired) electrons. The van der Waals surface area contributed by atoms with Crippen LogP contribution in [-0.2, 0) is 14.8 Å². The number of amides is 1. The summed E-state index contributed by atoms with van der Waals surface area (Å²) in [5.74, 6) is 0.813. The number of ether oxygens (including phenoxy) is 2. The molecule has 0 unspecified atom stereocenters. The summed E-state index contributed by atoms with van der Waals surface area (Å²) >= 11 is 1.44. The highest BCUT2D eigenvalue weighted by Crippen LogP contribution is 2.38. The van der Waals surface area contributed by atoms with Gasteiger partial charge in [0, 0.05) is 23.1 Å². The molecule has 0 saturated heterocycles. The largest absolute Gasteiger partial charge is 0.497 e. The van der Waals surface area contributed by atoms with Gasteiger partial charge in [0.25, 0.3) is 10.0 Å². The van der Waals surface area contributed by atoms with Crippen LogP contribution in [0.5, 0.6) is 11.5 Å². The van der Waals surface area contributed by atoms with E-state index in [1.165, 1.54) is 38.1 Å². The van der Waals surface area contributed by atoms with Crippen molar-refractivity contribution < 1.29 is 22.7 Å². The smallest absolute Gasteiger partial charge is 0.261 e. The van der Waals surface area contributed by atoms with Crippen LogP contribution in [0.4, 0.5) is 11.4 Å². The second-order valence-corrected chi connectivity index (χ2v) is 8.80. The molecular formula is C18H20N2O5S2. The Hall–Kier alpha value is -2.39. The number of thioether (sulfide) groups is 1. The van der Waals surface area contributed by atoms with E-state index in [0.717, 1.165) is 4.90 Å². The molecule has 27 heavy (non-hydrogen) atoms. The van der Waals surface area contributed by atoms with Gasteiger partial charge in [0.2, 0.25) is 5.91 Å². The predicted octanol–water partition coefficient (Wildman–Crippen LogP) is 3.33. The third-order valence-corrected chi connectivity index (χ3v) is 6.88. The number of nitrogens with one attached hydrogen (secondary N) is 2. The van der Waals surface area contributed by atoms with E-state index in [4.69, 9.17) is 9.47 Å². The van der Waals surface area contributed by atoms with E-state index in [-0.39, 0.29) is 16.1 Å². The second kappa shape index (κ2) is 7.69. The molecular weight excluding hydrogens is 388 g/mol. The summed E-state index contributed by atoms with van der Waals surface area (Å²) in [6, 6.07) is 9.46. The molecule has 0 spiro atoms. The molecule has 9 heteroatoms. The van der Waals surface area contributed by atoms with Gasteiger partial charge in [-0.05, 0) is 24.6 Å². The van der Waals surface area contributed by atoms with Crippen LogP contribution >= 0.6 is 11.8 Å². The normalized spacial score (nSPS) is 16.3. The molecule has 0 aliphatic carbocycles. The van der Waals surface area contributed by atoms with Crippen LogP contribution in [0.3, 0.4) is 0 Å². The Morgan fingerprint density at radius 3 is 2.37 bits per heavy atom. The molecule has 1 aliphatic heterocycles. The van der Waals surface area contributed by atoms with Gasteiger partial charge in [-0.2, -0.15) is 0 Å². The van der Waals surface area contributed by atoms with Crippen molar-refractivity contribution in [3.8, 4) is 11.5 Å². The van der Waals surface area contributed by atoms with Crippen LogP contribution in [-0.4, -0.2) is 33.8 Å². The fourth-order valence-corrected chi connectivity index (χ4v) is 4.73. The Bertz CT molecular complexity index is 953. The summed E-state index contributed by atoms with van der Waals surface area (Å²) in [4.78, 5) is 13.0. The van der Waals surface area contributed by atoms with Gasteiger partial charge in [-0.25, -0.2) is 8.42 Å². The number of hydrogen-bond acceptors (Lipinski definition) is 6. The Kier molecular flexibility index (Phi) is 5.52. The molecule has 144 valence electrons. The van der Waals surface area contributed by atoms with Gasteiger partial charge >= 0.3 is 0 Å². The van der Waals surface area contributed by atoms with Gasteiger partial charge in [-0.3, -0.25) is 9.52 Å². The number of anilines is 2. The molecule has 0 bridgehead atoms. The maximum atomic E-state index is 12.8. The molecule has 2 N–H and O–H groups in total. The predicted molar refractivity (Wildman–Crippen MR) is 105 cm³/mol. The first-order valence-corrected chi connectivity index (χ1v) is 10.6. The summed E-state index contributed by atoms with van der Waals surface area (Å²) in [5, 5.41) is 2.62. The summed E-state index contributed by atoms with van der Waals surface area (Å²) in [6.07, 6.45) is 0.704. The minimum Gasteiger partial charge on any atom is -0.497 e. The SMILES string of the molecule is CC[C@@H]1Sc2ccc(S(=O)(=O)Nc3cc(OC)cc(OC)c3)cc2NC1=O. The van der Waals surface area contributed by atoms with Crippen molar-refractivity contribution in [2.24, 2.45) is 0 Å². The fourth-order valence-electron chi connectivity index (χ4n) is 2.65. The molecule has 0 saturated carbocycles. The highest BCUT2D eigenvalue weighted by Gasteiger charge is 2.27. The van der Waals surface area contributed by atoms with E-state index in [9.17, 15) is 13.2 Å². The van der Waals surface area contributed by atoms with Crippen molar-refractivity contribution in [3.05, 3.63) is 36.4 Å². The zero-order valence-corrected chi connectivity index (χ0v) is 16.7. The lowest BCUT2D eigenvalue weighted by atomic mass is 10.2. The third-order valence-electron chi connectivity index (χ3n) is 4.06. The quantitative estimate of drug-likeness (QED) is 0.762. The molecule has 1 heterocycles. The van der Waals surface area contributed by atoms with E-state index < -0.39 is 10.0 Å². The van der Waals surface area contributed by atoms with Crippen molar-refractivity contribution in [2.45, 2.75) is 28.4 Å². The first-order chi connectivity index (χ1) is 12.9. The molecule has 7 nitrogen and oxygen atoms in total. The molecule has 1 atom stereocenters. The fraction of sp³-hybridized carbons (Fsp3) is 0.278. The van der Waals surface area contributed by atoms with E-state index in [1.807, 2.05) is 6.92 Å². The Morgan fingerprint density at radius 1 is 1.11 bits per heavy atom. The number of sulfonamides is 1. The zero-order valence-electron chi connectivity index (χ0n) is 15.1. The maximum Gasteiger partial charge on any atom is 0.261 e. The van der Waals surface area contributed by atoms with Gasteiger partial charge in [0.1, 0.15) is 11.5 Å². The standard InChI is InChI=1S/C18H20N2O5S2/c1-4-16-18(21)19-15-10-14(5-6-17(15)26-16)27(22,23)20-11-7-12(24-2)9-13(8-11)25-3/h5-10,16,20H,4H2,1-3H3,(H,19,21)/t16-/m0/s1. The van der Waals surface area contributed by atoms with E-state index in [2.05, 4.69) is 10.0 Å². The average molecular weight is 409 g/mol. The summed E-state index contributed by atoms with van der Waals surface area (Å²) < 4.78 is 38.4. The highest BCUT2D eigenvalue weighted by molar-refractivity contribution is 8.01. The molecule has 2 aromatic rings. The first-order valence-electron chi connectivity index (χ1n) is 8.23. The number of carbonyl (C=O) groups is 1. The first kappa shape index (κ1) is 19.4. The minimum atomic E-state index is -3.86. The number of rotatable bonds is 6. The average Bonchev–Trinajstić information content (AvgIpc) is 2.66. The number of fused-ring (bicyclic) bond motifs is 1. The van der Waals surface area contributed by atoms with Crippen molar-refractivity contribution >= 4 is 39.1 Å². The molecule has 1 aliphatic rings. The number of carbonyl (C=O) groups excluding carboxylic acids is 1. The van der Waals surface area contributed by atoms with Gasteiger partial charge < -0.3 is 14.8 Å². The molecule has 2 aromatic carbocycles. The number of hydrogen-bond donors (Lipinski definition) is 2. The van der Waals surface area contributed by atoms with Crippen LogP contribution in [0.1, 0.15) is 13.3 Å². The van der Waals surface area contributed by atoms with Crippen LogP contribution in [0.25, 0.3) is 0 Å². The topological polar surface area (TPSA) is 93.7 Å². The highest BCUT2D eigenvalue weighted by atomic mass is 32.2. The van der Waals surface area contributed by atoms with Crippen LogP contribution in [0.15, 0.2) is 46.2 Å². The Labute approximate surface area is 162 Å². The summed E-state index contributed by atoms with van der Waals surface area (Å²) in [7, 11) is -0.882. The summed E-state index contributed by atoms with van der Waals surface area (Å²) in [6.45, 7) is 1.94. The molecule has 1 amide bonds. The van der Waals surface area contributed by atoms with Gasteiger partial charge in [0.15, 0.2) is 0 Å². The van der Waals surface area contributed by atoms with E-state index in [1.54, 1.807) is 24.3 Å². The van der Waals surface area contributed by atoms with E-state index >= 15 is 0 Å². The van der Waals surface area contributed by atoms with Crippen molar-refractivity contribution in [1.82, 2.24) is 0 Å². The van der Waals surface area contributed by atoms with Crippen LogP contribution in [0.2, 0.25) is 0 Å². The lowest BCUT2D eigenvalue weighted by molar-refractivity contribution is -0.115. The second-order valence-electron chi connectivity index (χ2n) is 5.87. The Morgan fingerprint density at radius 2 is 1.78 bits per heavy atom. The van der Waals surface area contributed by atoms with Crippen LogP contribution < -0.4 is 19.5 Å². The molecule has 0 fully saturated rings. The molecule has 3 rings (SSSR count). The molecule has 0 aromatic heterocycles. The van der Waals surface area contributed by atoms with Crippen molar-refractivity contribution in [3.63, 3.8) is 0 Å². The number of methoxy groups -OCH3 is 2. The zero-order chi connectivity index (χ0) is 19.6. The Balaban J connectivity index is 1.90. The van der Waals surface area contributed by atoms with E-state index in [0.29, 0.717) is 29.3 Å². The maximum absolute atomic E-state index is 12.8. The van der Waals surface area contributed by atoms with Crippen molar-refractivity contribution in [1.29, 1.82) is 0 Å². The summed E-state index contributed by atoms with van der Waals surface area (Å²) in [5.41, 5.74) is 0.814.